The highest BCUT2D eigenvalue weighted by Gasteiger charge is 2.12. The number of amides is 1. The van der Waals surface area contributed by atoms with E-state index in [1.165, 1.54) is 0 Å². The van der Waals surface area contributed by atoms with Crippen LogP contribution in [0.1, 0.15) is 16.2 Å². The summed E-state index contributed by atoms with van der Waals surface area (Å²) in [5, 5.41) is 7.67. The molecule has 0 radical (unpaired) electrons. The van der Waals surface area contributed by atoms with Crippen molar-refractivity contribution in [1.82, 2.24) is 15.1 Å². The van der Waals surface area contributed by atoms with Gasteiger partial charge >= 0.3 is 0 Å². The molecule has 0 atom stereocenters. The molecular weight excluding hydrogens is 278 g/mol. The predicted molar refractivity (Wildman–Crippen MR) is 77.5 cm³/mol. The first-order valence-corrected chi connectivity index (χ1v) is 6.59. The van der Waals surface area contributed by atoms with Crippen molar-refractivity contribution < 1.29 is 9.53 Å². The van der Waals surface area contributed by atoms with Crippen LogP contribution in [-0.2, 0) is 4.74 Å². The summed E-state index contributed by atoms with van der Waals surface area (Å²) >= 11 is 5.97. The van der Waals surface area contributed by atoms with Crippen LogP contribution in [0.15, 0.2) is 30.3 Å². The van der Waals surface area contributed by atoms with Gasteiger partial charge in [-0.25, -0.2) is 4.68 Å². The van der Waals surface area contributed by atoms with Gasteiger partial charge in [-0.15, -0.1) is 0 Å². The zero-order valence-corrected chi connectivity index (χ0v) is 12.1. The maximum Gasteiger partial charge on any atom is 0.271 e. The third-order valence-electron chi connectivity index (χ3n) is 2.76. The number of hydrogen-bond acceptors (Lipinski definition) is 3. The monoisotopic (exact) mass is 293 g/mol. The summed E-state index contributed by atoms with van der Waals surface area (Å²) < 4.78 is 6.58. The normalized spacial score (nSPS) is 10.6. The van der Waals surface area contributed by atoms with Crippen molar-refractivity contribution in [3.8, 4) is 5.69 Å². The second-order valence-corrected chi connectivity index (χ2v) is 4.75. The largest absolute Gasteiger partial charge is 0.383 e. The van der Waals surface area contributed by atoms with Crippen LogP contribution in [0.25, 0.3) is 5.69 Å². The van der Waals surface area contributed by atoms with Crippen LogP contribution in [0, 0.1) is 6.92 Å². The first-order chi connectivity index (χ1) is 9.61. The lowest BCUT2D eigenvalue weighted by atomic mass is 10.3. The summed E-state index contributed by atoms with van der Waals surface area (Å²) in [7, 11) is 1.59. The van der Waals surface area contributed by atoms with Crippen LogP contribution in [0.4, 0.5) is 0 Å². The van der Waals surface area contributed by atoms with E-state index in [0.717, 1.165) is 11.4 Å². The molecule has 0 aliphatic rings. The smallest absolute Gasteiger partial charge is 0.271 e. The van der Waals surface area contributed by atoms with E-state index in [0.29, 0.717) is 23.9 Å². The van der Waals surface area contributed by atoms with Crippen molar-refractivity contribution in [2.45, 2.75) is 6.92 Å². The van der Waals surface area contributed by atoms with E-state index in [1.807, 2.05) is 19.1 Å². The molecule has 0 unspecified atom stereocenters. The minimum Gasteiger partial charge on any atom is -0.383 e. The van der Waals surface area contributed by atoms with Gasteiger partial charge in [0, 0.05) is 24.4 Å². The van der Waals surface area contributed by atoms with Gasteiger partial charge in [0.1, 0.15) is 0 Å². The van der Waals surface area contributed by atoms with Gasteiger partial charge in [0.25, 0.3) is 5.91 Å². The Labute approximate surface area is 122 Å². The number of benzene rings is 1. The van der Waals surface area contributed by atoms with Crippen molar-refractivity contribution in [1.29, 1.82) is 0 Å². The second-order valence-electron chi connectivity index (χ2n) is 4.31. The highest BCUT2D eigenvalue weighted by molar-refractivity contribution is 6.30. The van der Waals surface area contributed by atoms with E-state index in [-0.39, 0.29) is 5.91 Å². The first-order valence-electron chi connectivity index (χ1n) is 6.21. The van der Waals surface area contributed by atoms with Crippen molar-refractivity contribution in [2.75, 3.05) is 20.3 Å². The average Bonchev–Trinajstić information content (AvgIpc) is 2.81. The molecule has 1 aromatic carbocycles. The van der Waals surface area contributed by atoms with Crippen LogP contribution < -0.4 is 5.32 Å². The van der Waals surface area contributed by atoms with Crippen LogP contribution in [0.2, 0.25) is 5.02 Å². The Morgan fingerprint density at radius 3 is 2.95 bits per heavy atom. The van der Waals surface area contributed by atoms with Crippen molar-refractivity contribution >= 4 is 17.5 Å². The minimum atomic E-state index is -0.217. The standard InChI is InChI=1S/C14H16ClN3O2/c1-10-8-13(14(19)16-6-7-20-2)17-18(10)12-5-3-4-11(15)9-12/h3-5,8-9H,6-7H2,1-2H3,(H,16,19). The summed E-state index contributed by atoms with van der Waals surface area (Å²) in [6.07, 6.45) is 0. The maximum absolute atomic E-state index is 11.9. The highest BCUT2D eigenvalue weighted by atomic mass is 35.5. The molecule has 5 nitrogen and oxygen atoms in total. The highest BCUT2D eigenvalue weighted by Crippen LogP contribution is 2.16. The Bertz CT molecular complexity index is 610. The Kier molecular flexibility index (Phi) is 4.76. The zero-order valence-electron chi connectivity index (χ0n) is 11.4. The molecule has 6 heteroatoms. The van der Waals surface area contributed by atoms with Crippen LogP contribution in [-0.4, -0.2) is 35.9 Å². The lowest BCUT2D eigenvalue weighted by Gasteiger charge is -2.04. The molecule has 0 bridgehead atoms. The molecule has 0 saturated carbocycles. The molecule has 0 aliphatic carbocycles. The van der Waals surface area contributed by atoms with Gasteiger partial charge in [-0.3, -0.25) is 4.79 Å². The fourth-order valence-electron chi connectivity index (χ4n) is 1.81. The molecular formula is C14H16ClN3O2. The van der Waals surface area contributed by atoms with Gasteiger partial charge in [0.2, 0.25) is 0 Å². The Balaban J connectivity index is 2.19. The molecule has 0 spiro atoms. The topological polar surface area (TPSA) is 56.1 Å². The number of aryl methyl sites for hydroxylation is 1. The molecule has 0 saturated heterocycles. The van der Waals surface area contributed by atoms with Gasteiger partial charge in [-0.2, -0.15) is 5.10 Å². The van der Waals surface area contributed by atoms with Crippen LogP contribution in [0.5, 0.6) is 0 Å². The molecule has 1 amide bonds. The number of ether oxygens (including phenoxy) is 1. The number of rotatable bonds is 5. The lowest BCUT2D eigenvalue weighted by molar-refractivity contribution is 0.0931. The van der Waals surface area contributed by atoms with E-state index >= 15 is 0 Å². The number of halogens is 1. The van der Waals surface area contributed by atoms with Gasteiger partial charge in [0.05, 0.1) is 12.3 Å². The fraction of sp³-hybridized carbons (Fsp3) is 0.286. The predicted octanol–water partition coefficient (Wildman–Crippen LogP) is 2.21. The van der Waals surface area contributed by atoms with E-state index < -0.39 is 0 Å². The van der Waals surface area contributed by atoms with Crippen molar-refractivity contribution in [3.05, 3.63) is 46.7 Å². The summed E-state index contributed by atoms with van der Waals surface area (Å²) in [6, 6.07) is 9.06. The van der Waals surface area contributed by atoms with E-state index in [2.05, 4.69) is 10.4 Å². The molecule has 106 valence electrons. The molecule has 2 aromatic rings. The van der Waals surface area contributed by atoms with E-state index in [1.54, 1.807) is 30.0 Å². The Hall–Kier alpha value is -1.85. The number of hydrogen-bond donors (Lipinski definition) is 1. The quantitative estimate of drug-likeness (QED) is 0.860. The average molecular weight is 294 g/mol. The molecule has 0 aliphatic heterocycles. The van der Waals surface area contributed by atoms with E-state index in [9.17, 15) is 4.79 Å². The summed E-state index contributed by atoms with van der Waals surface area (Å²) in [5.41, 5.74) is 2.06. The summed E-state index contributed by atoms with van der Waals surface area (Å²) in [6.45, 7) is 2.82. The number of aromatic nitrogens is 2. The minimum absolute atomic E-state index is 0.217. The SMILES string of the molecule is COCCNC(=O)c1cc(C)n(-c2cccc(Cl)c2)n1. The molecule has 0 fully saturated rings. The number of methoxy groups -OCH3 is 1. The van der Waals surface area contributed by atoms with Crippen molar-refractivity contribution in [2.24, 2.45) is 0 Å². The third-order valence-corrected chi connectivity index (χ3v) is 3.00. The molecule has 1 aromatic heterocycles. The maximum atomic E-state index is 11.9. The number of nitrogens with one attached hydrogen (secondary N) is 1. The molecule has 2 rings (SSSR count). The third kappa shape index (κ3) is 3.37. The number of carbonyl (C=O) groups is 1. The molecule has 1 N–H and O–H groups in total. The second kappa shape index (κ2) is 6.54. The van der Waals surface area contributed by atoms with Crippen LogP contribution in [0.3, 0.4) is 0 Å². The molecule has 20 heavy (non-hydrogen) atoms. The zero-order chi connectivity index (χ0) is 14.5. The Morgan fingerprint density at radius 2 is 2.25 bits per heavy atom. The van der Waals surface area contributed by atoms with Gasteiger partial charge in [-0.05, 0) is 31.2 Å². The summed E-state index contributed by atoms with van der Waals surface area (Å²) in [5.74, 6) is -0.217. The summed E-state index contributed by atoms with van der Waals surface area (Å²) in [4.78, 5) is 11.9. The van der Waals surface area contributed by atoms with Gasteiger partial charge < -0.3 is 10.1 Å². The molecule has 1 heterocycles. The number of carbonyl (C=O) groups excluding carboxylic acids is 1. The number of nitrogens with zero attached hydrogens (tertiary/aromatic N) is 2. The van der Waals surface area contributed by atoms with Crippen LogP contribution >= 0.6 is 11.6 Å². The van der Waals surface area contributed by atoms with Crippen molar-refractivity contribution in [3.63, 3.8) is 0 Å². The Morgan fingerprint density at radius 1 is 1.45 bits per heavy atom. The fourth-order valence-corrected chi connectivity index (χ4v) is 2.00. The first kappa shape index (κ1) is 14.6. The van der Waals surface area contributed by atoms with E-state index in [4.69, 9.17) is 16.3 Å². The lowest BCUT2D eigenvalue weighted by Crippen LogP contribution is -2.27. The van der Waals surface area contributed by atoms with Gasteiger partial charge in [-0.1, -0.05) is 17.7 Å². The van der Waals surface area contributed by atoms with Gasteiger partial charge in [0.15, 0.2) is 5.69 Å².